The summed E-state index contributed by atoms with van der Waals surface area (Å²) in [5.41, 5.74) is 7.58. The Kier molecular flexibility index (Phi) is 4.98. The van der Waals surface area contributed by atoms with E-state index in [0.29, 0.717) is 26.1 Å². The third-order valence-corrected chi connectivity index (χ3v) is 5.27. The van der Waals surface area contributed by atoms with E-state index in [1.807, 2.05) is 28.3 Å². The van der Waals surface area contributed by atoms with Crippen LogP contribution in [0.25, 0.3) is 0 Å². The van der Waals surface area contributed by atoms with Gasteiger partial charge in [0.15, 0.2) is 0 Å². The molecule has 110 valence electrons. The lowest BCUT2D eigenvalue weighted by molar-refractivity contribution is 0.581. The molecule has 0 unspecified atom stereocenters. The Morgan fingerprint density at radius 1 is 1.45 bits per heavy atom. The van der Waals surface area contributed by atoms with Crippen LogP contribution in [0.2, 0.25) is 0 Å². The number of aromatic nitrogens is 1. The van der Waals surface area contributed by atoms with Crippen LogP contribution in [0.4, 0.5) is 0 Å². The van der Waals surface area contributed by atoms with E-state index in [2.05, 4.69) is 4.72 Å². The van der Waals surface area contributed by atoms with Gasteiger partial charge in [-0.3, -0.25) is 0 Å². The molecule has 0 saturated heterocycles. The molecular formula is C13H19N3O2S2. The number of nitrogens with one attached hydrogen (secondary N) is 1. The molecule has 0 aliphatic carbocycles. The van der Waals surface area contributed by atoms with E-state index in [-0.39, 0.29) is 4.90 Å². The molecule has 20 heavy (non-hydrogen) atoms. The SMILES string of the molecule is CCn1cc(S(=O)(=O)NCCc2ccsc2)cc1CN. The number of thiophene rings is 1. The smallest absolute Gasteiger partial charge is 0.242 e. The van der Waals surface area contributed by atoms with Crippen LogP contribution in [0.5, 0.6) is 0 Å². The molecule has 2 rings (SSSR count). The molecule has 0 saturated carbocycles. The summed E-state index contributed by atoms with van der Waals surface area (Å²) >= 11 is 1.61. The summed E-state index contributed by atoms with van der Waals surface area (Å²) in [6.45, 7) is 3.39. The summed E-state index contributed by atoms with van der Waals surface area (Å²) in [6.07, 6.45) is 2.33. The van der Waals surface area contributed by atoms with Gasteiger partial charge in [0.05, 0.1) is 4.90 Å². The van der Waals surface area contributed by atoms with Crippen molar-refractivity contribution in [1.29, 1.82) is 0 Å². The molecule has 0 aliphatic heterocycles. The number of aryl methyl sites for hydroxylation is 1. The molecule has 0 fully saturated rings. The van der Waals surface area contributed by atoms with Gasteiger partial charge >= 0.3 is 0 Å². The van der Waals surface area contributed by atoms with E-state index in [9.17, 15) is 8.42 Å². The molecule has 2 aromatic heterocycles. The molecule has 2 aromatic rings. The summed E-state index contributed by atoms with van der Waals surface area (Å²) in [4.78, 5) is 0.283. The van der Waals surface area contributed by atoms with Crippen molar-refractivity contribution in [3.05, 3.63) is 40.3 Å². The van der Waals surface area contributed by atoms with Crippen molar-refractivity contribution in [2.24, 2.45) is 5.73 Å². The van der Waals surface area contributed by atoms with Crippen molar-refractivity contribution in [2.45, 2.75) is 31.3 Å². The van der Waals surface area contributed by atoms with E-state index in [0.717, 1.165) is 11.3 Å². The fraction of sp³-hybridized carbons (Fsp3) is 0.385. The number of nitrogens with zero attached hydrogens (tertiary/aromatic N) is 1. The molecule has 0 aromatic carbocycles. The summed E-state index contributed by atoms with van der Waals surface area (Å²) < 4.78 is 28.9. The first-order valence-electron chi connectivity index (χ1n) is 6.46. The van der Waals surface area contributed by atoms with Gasteiger partial charge in [-0.15, -0.1) is 0 Å². The summed E-state index contributed by atoms with van der Waals surface area (Å²) in [5, 5.41) is 4.01. The van der Waals surface area contributed by atoms with Crippen LogP contribution in [-0.4, -0.2) is 19.5 Å². The lowest BCUT2D eigenvalue weighted by Crippen LogP contribution is -2.25. The average Bonchev–Trinajstić information content (AvgIpc) is 3.07. The lowest BCUT2D eigenvalue weighted by Gasteiger charge is -2.04. The van der Waals surface area contributed by atoms with Gasteiger partial charge in [0, 0.05) is 31.5 Å². The van der Waals surface area contributed by atoms with Crippen molar-refractivity contribution in [3.63, 3.8) is 0 Å². The van der Waals surface area contributed by atoms with Crippen molar-refractivity contribution in [2.75, 3.05) is 6.54 Å². The topological polar surface area (TPSA) is 77.1 Å². The Hall–Kier alpha value is -1.15. The monoisotopic (exact) mass is 313 g/mol. The largest absolute Gasteiger partial charge is 0.349 e. The van der Waals surface area contributed by atoms with Gasteiger partial charge in [-0.05, 0) is 41.8 Å². The number of hydrogen-bond acceptors (Lipinski definition) is 4. The Morgan fingerprint density at radius 3 is 2.80 bits per heavy atom. The zero-order valence-electron chi connectivity index (χ0n) is 11.4. The van der Waals surface area contributed by atoms with E-state index >= 15 is 0 Å². The maximum Gasteiger partial charge on any atom is 0.242 e. The van der Waals surface area contributed by atoms with E-state index in [1.165, 1.54) is 0 Å². The number of sulfonamides is 1. The van der Waals surface area contributed by atoms with Crippen LogP contribution in [0.1, 0.15) is 18.2 Å². The van der Waals surface area contributed by atoms with Gasteiger partial charge in [-0.2, -0.15) is 11.3 Å². The summed E-state index contributed by atoms with van der Waals surface area (Å²) in [7, 11) is -3.46. The highest BCUT2D eigenvalue weighted by molar-refractivity contribution is 7.89. The molecular weight excluding hydrogens is 294 g/mol. The first-order valence-corrected chi connectivity index (χ1v) is 8.89. The van der Waals surface area contributed by atoms with Crippen LogP contribution in [0.15, 0.2) is 34.0 Å². The molecule has 0 radical (unpaired) electrons. The Labute approximate surface area is 123 Å². The zero-order chi connectivity index (χ0) is 14.6. The molecule has 2 heterocycles. The molecule has 0 atom stereocenters. The number of rotatable bonds is 7. The Balaban J connectivity index is 2.04. The van der Waals surface area contributed by atoms with Crippen molar-refractivity contribution >= 4 is 21.4 Å². The summed E-state index contributed by atoms with van der Waals surface area (Å²) in [6, 6.07) is 3.63. The van der Waals surface area contributed by atoms with Gasteiger partial charge < -0.3 is 10.3 Å². The Bertz CT molecular complexity index is 624. The van der Waals surface area contributed by atoms with Gasteiger partial charge in [-0.25, -0.2) is 13.1 Å². The van der Waals surface area contributed by atoms with Gasteiger partial charge in [0.1, 0.15) is 0 Å². The highest BCUT2D eigenvalue weighted by atomic mass is 32.2. The Morgan fingerprint density at radius 2 is 2.25 bits per heavy atom. The first kappa shape index (κ1) is 15.2. The van der Waals surface area contributed by atoms with E-state index in [4.69, 9.17) is 5.73 Å². The van der Waals surface area contributed by atoms with E-state index < -0.39 is 10.0 Å². The summed E-state index contributed by atoms with van der Waals surface area (Å²) in [5.74, 6) is 0. The second kappa shape index (κ2) is 6.53. The van der Waals surface area contributed by atoms with Crippen LogP contribution < -0.4 is 10.5 Å². The molecule has 5 nitrogen and oxygen atoms in total. The van der Waals surface area contributed by atoms with Crippen molar-refractivity contribution < 1.29 is 8.42 Å². The van der Waals surface area contributed by atoms with E-state index in [1.54, 1.807) is 23.6 Å². The fourth-order valence-electron chi connectivity index (χ4n) is 1.99. The minimum Gasteiger partial charge on any atom is -0.349 e. The van der Waals surface area contributed by atoms with Crippen LogP contribution >= 0.6 is 11.3 Å². The van der Waals surface area contributed by atoms with Gasteiger partial charge in [0.2, 0.25) is 10.0 Å². The maximum atomic E-state index is 12.2. The van der Waals surface area contributed by atoms with Gasteiger partial charge in [-0.1, -0.05) is 0 Å². The average molecular weight is 313 g/mol. The second-order valence-electron chi connectivity index (χ2n) is 4.44. The van der Waals surface area contributed by atoms with Crippen LogP contribution in [0.3, 0.4) is 0 Å². The van der Waals surface area contributed by atoms with Crippen LogP contribution in [-0.2, 0) is 29.5 Å². The van der Waals surface area contributed by atoms with Gasteiger partial charge in [0.25, 0.3) is 0 Å². The maximum absolute atomic E-state index is 12.2. The van der Waals surface area contributed by atoms with Crippen molar-refractivity contribution in [3.8, 4) is 0 Å². The molecule has 3 N–H and O–H groups in total. The number of hydrogen-bond donors (Lipinski definition) is 2. The number of nitrogens with two attached hydrogens (primary N) is 1. The quantitative estimate of drug-likeness (QED) is 0.814. The fourth-order valence-corrected chi connectivity index (χ4v) is 3.78. The predicted octanol–water partition coefficient (Wildman–Crippen LogP) is 1.55. The standard InChI is InChI=1S/C13H19N3O2S2/c1-2-16-9-13(7-12(16)8-14)20(17,18)15-5-3-11-4-6-19-10-11/h4,6-7,9-10,15H,2-3,5,8,14H2,1H3. The normalized spacial score (nSPS) is 11.9. The molecule has 0 spiro atoms. The lowest BCUT2D eigenvalue weighted by atomic mass is 10.2. The molecule has 0 aliphatic rings. The van der Waals surface area contributed by atoms with Crippen molar-refractivity contribution in [1.82, 2.24) is 9.29 Å². The minimum atomic E-state index is -3.46. The molecule has 0 amide bonds. The highest BCUT2D eigenvalue weighted by Crippen LogP contribution is 2.14. The van der Waals surface area contributed by atoms with Crippen LogP contribution in [0, 0.1) is 0 Å². The highest BCUT2D eigenvalue weighted by Gasteiger charge is 2.17. The third kappa shape index (κ3) is 3.49. The first-order chi connectivity index (χ1) is 9.56. The zero-order valence-corrected chi connectivity index (χ0v) is 13.0. The minimum absolute atomic E-state index is 0.283. The molecule has 7 heteroatoms. The predicted molar refractivity (Wildman–Crippen MR) is 81.2 cm³/mol. The molecule has 0 bridgehead atoms. The third-order valence-electron chi connectivity index (χ3n) is 3.11. The second-order valence-corrected chi connectivity index (χ2v) is 6.98.